The summed E-state index contributed by atoms with van der Waals surface area (Å²) in [6.45, 7) is 8.01. The first-order valence-electron chi connectivity index (χ1n) is 7.51. The number of fused-ring (bicyclic) bond motifs is 1. The summed E-state index contributed by atoms with van der Waals surface area (Å²) in [6.07, 6.45) is 5.73. The van der Waals surface area contributed by atoms with Crippen LogP contribution in [0, 0.1) is 17.3 Å². The van der Waals surface area contributed by atoms with E-state index in [9.17, 15) is 4.79 Å². The smallest absolute Gasteiger partial charge is 0.188 e. The van der Waals surface area contributed by atoms with E-state index in [1.54, 1.807) is 0 Å². The van der Waals surface area contributed by atoms with Gasteiger partial charge in [0.25, 0.3) is 0 Å². The molecule has 3 nitrogen and oxygen atoms in total. The molecule has 0 radical (unpaired) electrons. The maximum absolute atomic E-state index is 12.4. The molecule has 0 aromatic rings. The van der Waals surface area contributed by atoms with Crippen molar-refractivity contribution in [1.29, 1.82) is 0 Å². The van der Waals surface area contributed by atoms with Crippen LogP contribution in [-0.2, 0) is 14.3 Å². The van der Waals surface area contributed by atoms with E-state index in [4.69, 9.17) is 9.47 Å². The summed E-state index contributed by atoms with van der Waals surface area (Å²) in [6, 6.07) is 0. The summed E-state index contributed by atoms with van der Waals surface area (Å²) in [5.74, 6) is 0.706. The summed E-state index contributed by atoms with van der Waals surface area (Å²) in [5, 5.41) is 0. The van der Waals surface area contributed by atoms with Crippen LogP contribution >= 0.6 is 0 Å². The van der Waals surface area contributed by atoms with Crippen LogP contribution in [0.25, 0.3) is 0 Å². The zero-order valence-corrected chi connectivity index (χ0v) is 12.2. The number of allylic oxidation sites excluding steroid dienone is 1. The van der Waals surface area contributed by atoms with Crippen LogP contribution in [0.3, 0.4) is 0 Å². The Morgan fingerprint density at radius 2 is 1.95 bits per heavy atom. The predicted molar refractivity (Wildman–Crippen MR) is 72.6 cm³/mol. The van der Waals surface area contributed by atoms with Crippen molar-refractivity contribution in [2.75, 3.05) is 13.2 Å². The van der Waals surface area contributed by atoms with Gasteiger partial charge < -0.3 is 9.47 Å². The average molecular weight is 264 g/mol. The monoisotopic (exact) mass is 264 g/mol. The molecule has 1 spiro atoms. The van der Waals surface area contributed by atoms with Gasteiger partial charge in [0.2, 0.25) is 0 Å². The van der Waals surface area contributed by atoms with Crippen LogP contribution in [0.5, 0.6) is 0 Å². The number of carbonyl (C=O) groups is 1. The second kappa shape index (κ2) is 4.42. The van der Waals surface area contributed by atoms with Gasteiger partial charge in [-0.2, -0.15) is 0 Å². The van der Waals surface area contributed by atoms with Gasteiger partial charge in [0, 0.05) is 18.4 Å². The highest BCUT2D eigenvalue weighted by Gasteiger charge is 2.52. The van der Waals surface area contributed by atoms with Crippen LogP contribution in [0.15, 0.2) is 11.6 Å². The highest BCUT2D eigenvalue weighted by molar-refractivity contribution is 5.99. The lowest BCUT2D eigenvalue weighted by Gasteiger charge is -2.34. The van der Waals surface area contributed by atoms with Gasteiger partial charge in [-0.25, -0.2) is 0 Å². The second-order valence-electron chi connectivity index (χ2n) is 6.82. The van der Waals surface area contributed by atoms with Crippen molar-refractivity contribution in [3.05, 3.63) is 11.6 Å². The molecule has 1 heterocycles. The third-order valence-corrected chi connectivity index (χ3v) is 5.31. The molecule has 1 saturated heterocycles. The van der Waals surface area contributed by atoms with Crippen molar-refractivity contribution >= 4 is 5.78 Å². The fourth-order valence-electron chi connectivity index (χ4n) is 4.28. The van der Waals surface area contributed by atoms with Gasteiger partial charge >= 0.3 is 0 Å². The van der Waals surface area contributed by atoms with E-state index in [1.165, 1.54) is 0 Å². The van der Waals surface area contributed by atoms with E-state index in [0.29, 0.717) is 37.3 Å². The quantitative estimate of drug-likeness (QED) is 0.730. The highest BCUT2D eigenvalue weighted by atomic mass is 16.7. The zero-order chi connectivity index (χ0) is 13.7. The summed E-state index contributed by atoms with van der Waals surface area (Å²) < 4.78 is 11.6. The Hall–Kier alpha value is -0.670. The fraction of sp³-hybridized carbons (Fsp3) is 0.812. The first-order chi connectivity index (χ1) is 8.97. The van der Waals surface area contributed by atoms with Gasteiger partial charge in [-0.15, -0.1) is 0 Å². The second-order valence-corrected chi connectivity index (χ2v) is 6.82. The number of ether oxygens (including phenoxy) is 2. The summed E-state index contributed by atoms with van der Waals surface area (Å²) in [5.41, 5.74) is 0.995. The van der Waals surface area contributed by atoms with Crippen LogP contribution in [-0.4, -0.2) is 24.8 Å². The molecule has 3 aliphatic rings. The minimum atomic E-state index is -0.603. The van der Waals surface area contributed by atoms with Gasteiger partial charge in [-0.3, -0.25) is 4.79 Å². The van der Waals surface area contributed by atoms with Crippen molar-refractivity contribution in [2.24, 2.45) is 17.3 Å². The first-order valence-corrected chi connectivity index (χ1v) is 7.51. The largest absolute Gasteiger partial charge is 0.344 e. The normalized spacial score (nSPS) is 37.6. The van der Waals surface area contributed by atoms with E-state index >= 15 is 0 Å². The van der Waals surface area contributed by atoms with Gasteiger partial charge in [-0.05, 0) is 36.2 Å². The van der Waals surface area contributed by atoms with E-state index in [1.807, 2.05) is 6.08 Å². The fourth-order valence-corrected chi connectivity index (χ4v) is 4.28. The van der Waals surface area contributed by atoms with Crippen LogP contribution in [0.1, 0.15) is 46.5 Å². The summed E-state index contributed by atoms with van der Waals surface area (Å²) in [7, 11) is 0. The molecule has 2 aliphatic carbocycles. The lowest BCUT2D eigenvalue weighted by molar-refractivity contribution is -0.124. The Balaban J connectivity index is 2.02. The lowest BCUT2D eigenvalue weighted by Crippen LogP contribution is -2.28. The van der Waals surface area contributed by atoms with Gasteiger partial charge in [0.05, 0.1) is 13.2 Å². The minimum absolute atomic E-state index is 0.0179. The van der Waals surface area contributed by atoms with Gasteiger partial charge in [0.1, 0.15) is 0 Å². The first kappa shape index (κ1) is 13.3. The number of hydrogen-bond acceptors (Lipinski definition) is 3. The highest BCUT2D eigenvalue weighted by Crippen LogP contribution is 2.54. The van der Waals surface area contributed by atoms with E-state index < -0.39 is 5.79 Å². The molecule has 19 heavy (non-hydrogen) atoms. The van der Waals surface area contributed by atoms with Crippen molar-refractivity contribution in [2.45, 2.75) is 52.2 Å². The summed E-state index contributed by atoms with van der Waals surface area (Å²) in [4.78, 5) is 12.4. The van der Waals surface area contributed by atoms with Crippen molar-refractivity contribution in [3.63, 3.8) is 0 Å². The third-order valence-electron chi connectivity index (χ3n) is 5.31. The molecular formula is C16H24O3. The Labute approximate surface area is 115 Å². The summed E-state index contributed by atoms with van der Waals surface area (Å²) >= 11 is 0. The SMILES string of the molecule is CC(C)[C@H]1CC(=O)C2=CC3(CCC[C@@]21C)OCCO3. The molecule has 0 bridgehead atoms. The number of carbonyl (C=O) groups excluding carboxylic acids is 1. The van der Waals surface area contributed by atoms with Crippen LogP contribution in [0.2, 0.25) is 0 Å². The standard InChI is InChI=1S/C16H24O3/c1-11(2)12-9-14(17)13-10-16(18-7-8-19-16)6-4-5-15(12,13)3/h10-12H,4-9H2,1-3H3/t12-,15-/m1/s1. The topological polar surface area (TPSA) is 35.5 Å². The molecule has 2 atom stereocenters. The Kier molecular flexibility index (Phi) is 3.10. The molecular weight excluding hydrogens is 240 g/mol. The predicted octanol–water partition coefficient (Wildman–Crippen LogP) is 3.09. The maximum atomic E-state index is 12.4. The van der Waals surface area contributed by atoms with Crippen LogP contribution in [0.4, 0.5) is 0 Å². The van der Waals surface area contributed by atoms with Gasteiger partial charge in [0.15, 0.2) is 11.6 Å². The van der Waals surface area contributed by atoms with Gasteiger partial charge in [-0.1, -0.05) is 20.8 Å². The lowest BCUT2D eigenvalue weighted by atomic mass is 9.70. The molecule has 3 rings (SSSR count). The molecule has 0 aromatic heterocycles. The Bertz CT molecular complexity index is 418. The third kappa shape index (κ3) is 1.98. The Morgan fingerprint density at radius 1 is 1.26 bits per heavy atom. The molecule has 3 heteroatoms. The zero-order valence-electron chi connectivity index (χ0n) is 12.2. The molecule has 0 aromatic carbocycles. The molecule has 0 amide bonds. The average Bonchev–Trinajstić information content (AvgIpc) is 2.84. The molecule has 106 valence electrons. The van der Waals surface area contributed by atoms with E-state index in [-0.39, 0.29) is 5.41 Å². The minimum Gasteiger partial charge on any atom is -0.344 e. The maximum Gasteiger partial charge on any atom is 0.188 e. The number of rotatable bonds is 1. The molecule has 1 aliphatic heterocycles. The Morgan fingerprint density at radius 3 is 2.58 bits per heavy atom. The van der Waals surface area contributed by atoms with Crippen molar-refractivity contribution in [1.82, 2.24) is 0 Å². The number of hydrogen-bond donors (Lipinski definition) is 0. The van der Waals surface area contributed by atoms with E-state index in [2.05, 4.69) is 20.8 Å². The molecule has 0 N–H and O–H groups in total. The number of Topliss-reactive ketones (excluding diaryl/α,β-unsaturated/α-hetero) is 1. The van der Waals surface area contributed by atoms with Crippen molar-refractivity contribution in [3.8, 4) is 0 Å². The molecule has 1 saturated carbocycles. The van der Waals surface area contributed by atoms with E-state index in [0.717, 1.165) is 24.8 Å². The van der Waals surface area contributed by atoms with Crippen LogP contribution < -0.4 is 0 Å². The molecule has 2 fully saturated rings. The van der Waals surface area contributed by atoms with Crippen molar-refractivity contribution < 1.29 is 14.3 Å². The number of ketones is 1. The molecule has 0 unspecified atom stereocenters.